The fourth-order valence-corrected chi connectivity index (χ4v) is 0.209. The second-order valence-corrected chi connectivity index (χ2v) is 1.19. The van der Waals surface area contributed by atoms with Crippen LogP contribution in [0.2, 0.25) is 0 Å². The molecule has 0 saturated carbocycles. The van der Waals surface area contributed by atoms with E-state index in [2.05, 4.69) is 11.6 Å². The number of hydrogen-bond acceptors (Lipinski definition) is 2. The Hall–Kier alpha value is -0.630. The second kappa shape index (κ2) is 3.56. The van der Waals surface area contributed by atoms with Crippen molar-refractivity contribution in [3.63, 3.8) is 0 Å². The summed E-state index contributed by atoms with van der Waals surface area (Å²) in [6.45, 7) is 5.71. The molecule has 0 spiro atoms. The Labute approximate surface area is 43.7 Å². The van der Waals surface area contributed by atoms with Crippen molar-refractivity contribution in [3.05, 3.63) is 12.7 Å². The number of nitrogens with zero attached hydrogens (tertiary/aromatic N) is 1. The lowest BCUT2D eigenvalue weighted by Crippen LogP contribution is -1.96. The maximum atomic E-state index is 5.07. The van der Waals surface area contributed by atoms with E-state index in [-0.39, 0.29) is 0 Å². The van der Waals surface area contributed by atoms with Crippen LogP contribution in [0.25, 0.3) is 0 Å². The lowest BCUT2D eigenvalue weighted by atomic mass is 10.4. The van der Waals surface area contributed by atoms with Gasteiger partial charge in [0, 0.05) is 5.71 Å². The Morgan fingerprint density at radius 3 is 2.71 bits per heavy atom. The SMILES string of the molecule is C=C/C(C)=N\CN. The average Bonchev–Trinajstić information content (AvgIpc) is 1.68. The molecule has 0 aromatic carbocycles. The number of hydrogen-bond donors (Lipinski definition) is 1. The van der Waals surface area contributed by atoms with Gasteiger partial charge >= 0.3 is 0 Å². The van der Waals surface area contributed by atoms with Crippen molar-refractivity contribution < 1.29 is 0 Å². The molecular formula is C5H10N2. The molecule has 0 atom stereocenters. The van der Waals surface area contributed by atoms with Crippen molar-refractivity contribution in [2.24, 2.45) is 10.7 Å². The Kier molecular flexibility index (Phi) is 3.24. The summed E-state index contributed by atoms with van der Waals surface area (Å²) in [7, 11) is 0. The smallest absolute Gasteiger partial charge is 0.0862 e. The number of allylic oxidation sites excluding steroid dienone is 1. The van der Waals surface area contributed by atoms with Gasteiger partial charge in [0.05, 0.1) is 6.67 Å². The summed E-state index contributed by atoms with van der Waals surface area (Å²) >= 11 is 0. The van der Waals surface area contributed by atoms with Gasteiger partial charge in [0.25, 0.3) is 0 Å². The zero-order valence-electron chi connectivity index (χ0n) is 4.52. The highest BCUT2D eigenvalue weighted by Gasteiger charge is 1.72. The highest BCUT2D eigenvalue weighted by Crippen LogP contribution is 1.72. The first kappa shape index (κ1) is 6.37. The van der Waals surface area contributed by atoms with Gasteiger partial charge in [0.15, 0.2) is 0 Å². The zero-order chi connectivity index (χ0) is 5.70. The molecule has 0 radical (unpaired) electrons. The van der Waals surface area contributed by atoms with E-state index < -0.39 is 0 Å². The average molecular weight is 98.1 g/mol. The molecule has 0 unspecified atom stereocenters. The van der Waals surface area contributed by atoms with Crippen molar-refractivity contribution in [2.45, 2.75) is 6.92 Å². The lowest BCUT2D eigenvalue weighted by molar-refractivity contribution is 1.07. The Bertz CT molecular complexity index is 84.1. The molecule has 0 rings (SSSR count). The van der Waals surface area contributed by atoms with Gasteiger partial charge in [0.2, 0.25) is 0 Å². The molecule has 7 heavy (non-hydrogen) atoms. The third kappa shape index (κ3) is 3.19. The monoisotopic (exact) mass is 98.1 g/mol. The quantitative estimate of drug-likeness (QED) is 0.503. The van der Waals surface area contributed by atoms with Gasteiger partial charge in [-0.05, 0) is 13.0 Å². The fourth-order valence-electron chi connectivity index (χ4n) is 0.209. The summed E-state index contributed by atoms with van der Waals surface area (Å²) in [5, 5.41) is 0. The van der Waals surface area contributed by atoms with Crippen LogP contribution in [0.3, 0.4) is 0 Å². The minimum Gasteiger partial charge on any atom is -0.312 e. The highest BCUT2D eigenvalue weighted by atomic mass is 14.9. The van der Waals surface area contributed by atoms with E-state index in [1.807, 2.05) is 6.92 Å². The second-order valence-electron chi connectivity index (χ2n) is 1.19. The highest BCUT2D eigenvalue weighted by molar-refractivity contribution is 5.92. The van der Waals surface area contributed by atoms with Gasteiger partial charge in [0.1, 0.15) is 0 Å². The molecule has 0 aromatic rings. The number of nitrogens with two attached hydrogens (primary N) is 1. The Balaban J connectivity index is 3.49. The predicted octanol–water partition coefficient (Wildman–Crippen LogP) is 0.550. The normalized spacial score (nSPS) is 11.4. The summed E-state index contributed by atoms with van der Waals surface area (Å²) in [4.78, 5) is 3.82. The van der Waals surface area contributed by atoms with Crippen LogP contribution in [0.1, 0.15) is 6.92 Å². The van der Waals surface area contributed by atoms with E-state index >= 15 is 0 Å². The minimum absolute atomic E-state index is 0.359. The summed E-state index contributed by atoms with van der Waals surface area (Å²) in [5.41, 5.74) is 5.96. The van der Waals surface area contributed by atoms with Gasteiger partial charge in [-0.15, -0.1) is 0 Å². The Morgan fingerprint density at radius 2 is 2.57 bits per heavy atom. The molecule has 2 nitrogen and oxygen atoms in total. The molecule has 0 fully saturated rings. The van der Waals surface area contributed by atoms with Crippen molar-refractivity contribution in [3.8, 4) is 0 Å². The first-order chi connectivity index (χ1) is 3.31. The molecule has 0 heterocycles. The van der Waals surface area contributed by atoms with Crippen molar-refractivity contribution in [1.29, 1.82) is 0 Å². The first-order valence-electron chi connectivity index (χ1n) is 2.15. The lowest BCUT2D eigenvalue weighted by Gasteiger charge is -1.83. The zero-order valence-corrected chi connectivity index (χ0v) is 4.52. The third-order valence-electron chi connectivity index (χ3n) is 0.636. The van der Waals surface area contributed by atoms with Crippen LogP contribution in [0.4, 0.5) is 0 Å². The predicted molar refractivity (Wildman–Crippen MR) is 32.4 cm³/mol. The summed E-state index contributed by atoms with van der Waals surface area (Å²) in [6, 6.07) is 0. The van der Waals surface area contributed by atoms with E-state index in [0.29, 0.717) is 6.67 Å². The molecular weight excluding hydrogens is 88.1 g/mol. The van der Waals surface area contributed by atoms with E-state index in [0.717, 1.165) is 5.71 Å². The molecule has 2 heteroatoms. The van der Waals surface area contributed by atoms with Gasteiger partial charge in [-0.3, -0.25) is 4.99 Å². The van der Waals surface area contributed by atoms with E-state index in [9.17, 15) is 0 Å². The van der Waals surface area contributed by atoms with E-state index in [4.69, 9.17) is 5.73 Å². The standard InChI is InChI=1S/C5H10N2/c1-3-5(2)7-4-6/h3H,1,4,6H2,2H3/b7-5-. The molecule has 0 amide bonds. The molecule has 0 bridgehead atoms. The van der Waals surface area contributed by atoms with Gasteiger partial charge in [-0.2, -0.15) is 0 Å². The molecule has 0 aliphatic heterocycles. The number of aliphatic imine (C=N–C) groups is 1. The van der Waals surface area contributed by atoms with Crippen LogP contribution in [-0.2, 0) is 0 Å². The molecule has 0 aliphatic carbocycles. The van der Waals surface area contributed by atoms with Crippen LogP contribution in [0.5, 0.6) is 0 Å². The van der Waals surface area contributed by atoms with Crippen LogP contribution >= 0.6 is 0 Å². The maximum absolute atomic E-state index is 5.07. The van der Waals surface area contributed by atoms with Crippen LogP contribution in [0.15, 0.2) is 17.6 Å². The molecule has 2 N–H and O–H groups in total. The molecule has 0 aromatic heterocycles. The van der Waals surface area contributed by atoms with Crippen molar-refractivity contribution in [2.75, 3.05) is 6.67 Å². The molecule has 0 saturated heterocycles. The topological polar surface area (TPSA) is 38.4 Å². The van der Waals surface area contributed by atoms with E-state index in [1.54, 1.807) is 6.08 Å². The minimum atomic E-state index is 0.359. The van der Waals surface area contributed by atoms with Crippen molar-refractivity contribution in [1.82, 2.24) is 0 Å². The first-order valence-corrected chi connectivity index (χ1v) is 2.15. The van der Waals surface area contributed by atoms with Crippen LogP contribution in [0, 0.1) is 0 Å². The van der Waals surface area contributed by atoms with Gasteiger partial charge in [-0.1, -0.05) is 6.58 Å². The van der Waals surface area contributed by atoms with E-state index in [1.165, 1.54) is 0 Å². The summed E-state index contributed by atoms with van der Waals surface area (Å²) in [5.74, 6) is 0. The fraction of sp³-hybridized carbons (Fsp3) is 0.400. The summed E-state index contributed by atoms with van der Waals surface area (Å²) in [6.07, 6.45) is 1.67. The van der Waals surface area contributed by atoms with Crippen molar-refractivity contribution >= 4 is 5.71 Å². The largest absolute Gasteiger partial charge is 0.312 e. The van der Waals surface area contributed by atoms with Crippen LogP contribution < -0.4 is 5.73 Å². The Morgan fingerprint density at radius 1 is 2.00 bits per heavy atom. The van der Waals surface area contributed by atoms with Crippen LogP contribution in [-0.4, -0.2) is 12.4 Å². The summed E-state index contributed by atoms with van der Waals surface area (Å²) < 4.78 is 0. The number of rotatable bonds is 2. The molecule has 40 valence electrons. The van der Waals surface area contributed by atoms with Gasteiger partial charge in [-0.25, -0.2) is 0 Å². The third-order valence-corrected chi connectivity index (χ3v) is 0.636. The molecule has 0 aliphatic rings. The maximum Gasteiger partial charge on any atom is 0.0862 e. The van der Waals surface area contributed by atoms with Gasteiger partial charge < -0.3 is 5.73 Å².